The predicted molar refractivity (Wildman–Crippen MR) is 154 cm³/mol. The van der Waals surface area contributed by atoms with Crippen molar-refractivity contribution in [3.8, 4) is 6.07 Å². The van der Waals surface area contributed by atoms with Gasteiger partial charge in [-0.1, -0.05) is 49.0 Å². The van der Waals surface area contributed by atoms with Crippen LogP contribution in [0.4, 0.5) is 5.69 Å². The minimum absolute atomic E-state index is 0.0144. The molecule has 184 valence electrons. The summed E-state index contributed by atoms with van der Waals surface area (Å²) in [5, 5.41) is 9.43. The fourth-order valence-electron chi connectivity index (χ4n) is 6.67. The summed E-state index contributed by atoms with van der Waals surface area (Å²) in [7, 11) is 1.02. The third-order valence-corrected chi connectivity index (χ3v) is 11.7. The Morgan fingerprint density at radius 1 is 1.03 bits per heavy atom. The van der Waals surface area contributed by atoms with E-state index < -0.39 is 9.21 Å². The molecule has 0 N–H and O–H groups in total. The predicted octanol–water partition coefficient (Wildman–Crippen LogP) is 6.17. The average Bonchev–Trinajstić information content (AvgIpc) is 3.01. The van der Waals surface area contributed by atoms with Gasteiger partial charge in [0.2, 0.25) is 0 Å². The number of hydrogen-bond acceptors (Lipinski definition) is 3. The summed E-state index contributed by atoms with van der Waals surface area (Å²) in [6.45, 7) is 7.78. The molecule has 0 radical (unpaired) electrons. The third-order valence-electron chi connectivity index (χ3n) is 9.19. The van der Waals surface area contributed by atoms with E-state index in [1.165, 1.54) is 53.8 Å². The number of allylic oxidation sites excluding steroid dienone is 1. The zero-order valence-electron chi connectivity index (χ0n) is 21.5. The Hall–Kier alpha value is -2.48. The van der Waals surface area contributed by atoms with Crippen LogP contribution in [-0.4, -0.2) is 49.6 Å². The number of likely N-dealkylation sites (tertiary alicyclic amines) is 1. The summed E-state index contributed by atoms with van der Waals surface area (Å²) in [5.74, 6) is 8.93. The molecule has 1 saturated carbocycles. The molecule has 2 heterocycles. The molecule has 0 unspecified atom stereocenters. The molecule has 1 saturated heterocycles. The fraction of sp³-hybridized carbons (Fsp3) is 0.452. The van der Waals surface area contributed by atoms with Gasteiger partial charge in [-0.3, -0.25) is 0 Å². The molecule has 1 aliphatic carbocycles. The quantitative estimate of drug-likeness (QED) is 0.459. The number of fused-ring (bicyclic) bond motifs is 2. The lowest BCUT2D eigenvalue weighted by molar-refractivity contribution is 0.178. The van der Waals surface area contributed by atoms with E-state index in [0.717, 1.165) is 44.5 Å². The summed E-state index contributed by atoms with van der Waals surface area (Å²) in [6.07, 6.45) is 10.5. The van der Waals surface area contributed by atoms with Gasteiger partial charge in [0.1, 0.15) is 0 Å². The molecule has 3 aliphatic rings. The van der Waals surface area contributed by atoms with Gasteiger partial charge in [-0.25, -0.2) is 9.21 Å². The number of anilines is 1. The van der Waals surface area contributed by atoms with Gasteiger partial charge in [-0.15, -0.1) is 0 Å². The van der Waals surface area contributed by atoms with Crippen molar-refractivity contribution in [3.05, 3.63) is 77.0 Å². The standard InChI is InChI=1S/C31H39N3S/c1-24-30(28-22-26(23-32)11-14-29(28)33(24)2)17-20-34(21-18-30)19-6-8-25-9-12-27(13-10-25)31(15-7-16-31)35(3,4)5/h9-14,22H,1,3-4,6-8,15-21H2,2,5H3. The maximum Gasteiger partial charge on any atom is 0.0991 e. The number of rotatable bonds is 6. The Morgan fingerprint density at radius 2 is 1.71 bits per heavy atom. The number of aryl methyl sites for hydroxylation is 1. The van der Waals surface area contributed by atoms with E-state index in [9.17, 15) is 5.26 Å². The Labute approximate surface area is 212 Å². The Bertz CT molecular complexity index is 1270. The third kappa shape index (κ3) is 3.94. The first-order valence-electron chi connectivity index (χ1n) is 12.9. The Kier molecular flexibility index (Phi) is 6.14. The topological polar surface area (TPSA) is 30.3 Å². The second kappa shape index (κ2) is 8.87. The second-order valence-electron chi connectivity index (χ2n) is 11.2. The van der Waals surface area contributed by atoms with E-state index >= 15 is 0 Å². The normalized spacial score (nSPS) is 20.9. The maximum atomic E-state index is 9.43. The van der Waals surface area contributed by atoms with Crippen LogP contribution in [0.15, 0.2) is 54.7 Å². The summed E-state index contributed by atoms with van der Waals surface area (Å²) in [5.41, 5.74) is 7.33. The molecular weight excluding hydrogens is 446 g/mol. The molecule has 5 rings (SSSR count). The van der Waals surface area contributed by atoms with Crippen LogP contribution in [0.25, 0.3) is 0 Å². The van der Waals surface area contributed by atoms with Gasteiger partial charge < -0.3 is 9.80 Å². The molecule has 2 aromatic rings. The highest BCUT2D eigenvalue weighted by atomic mass is 32.2. The number of hydrogen-bond donors (Lipinski definition) is 0. The molecule has 0 bridgehead atoms. The van der Waals surface area contributed by atoms with Crippen molar-refractivity contribution in [1.29, 1.82) is 5.26 Å². The number of likely N-dealkylation sites (N-methyl/N-ethyl adjacent to an activating group) is 1. The van der Waals surface area contributed by atoms with Crippen LogP contribution in [0.1, 0.15) is 60.8 Å². The van der Waals surface area contributed by atoms with Crippen LogP contribution in [0.3, 0.4) is 0 Å². The molecule has 4 heteroatoms. The molecular formula is C31H39N3S. The molecule has 0 aromatic heterocycles. The second-order valence-corrected chi connectivity index (χ2v) is 14.5. The van der Waals surface area contributed by atoms with E-state index in [4.69, 9.17) is 0 Å². The zero-order valence-corrected chi connectivity index (χ0v) is 22.3. The van der Waals surface area contributed by atoms with Gasteiger partial charge in [0.25, 0.3) is 0 Å². The lowest BCUT2D eigenvalue weighted by Crippen LogP contribution is -2.43. The van der Waals surface area contributed by atoms with Crippen LogP contribution < -0.4 is 4.90 Å². The Morgan fingerprint density at radius 3 is 2.29 bits per heavy atom. The van der Waals surface area contributed by atoms with E-state index in [0.29, 0.717) is 0 Å². The molecule has 2 fully saturated rings. The van der Waals surface area contributed by atoms with Crippen LogP contribution in [0.2, 0.25) is 0 Å². The zero-order chi connectivity index (χ0) is 24.8. The van der Waals surface area contributed by atoms with E-state index in [1.807, 2.05) is 6.07 Å². The number of piperidine rings is 1. The molecule has 3 nitrogen and oxygen atoms in total. The lowest BCUT2D eigenvalue weighted by atomic mass is 9.72. The first-order valence-corrected chi connectivity index (χ1v) is 15.3. The number of nitrogens with zero attached hydrogens (tertiary/aromatic N) is 3. The number of nitriles is 1. The van der Waals surface area contributed by atoms with Crippen molar-refractivity contribution in [3.63, 3.8) is 0 Å². The summed E-state index contributed by atoms with van der Waals surface area (Å²) < 4.78 is 0.236. The summed E-state index contributed by atoms with van der Waals surface area (Å²) in [4.78, 5) is 4.85. The van der Waals surface area contributed by atoms with Crippen LogP contribution in [0, 0.1) is 11.3 Å². The van der Waals surface area contributed by atoms with Crippen molar-refractivity contribution < 1.29 is 0 Å². The first kappa shape index (κ1) is 24.2. The van der Waals surface area contributed by atoms with Crippen molar-refractivity contribution in [2.75, 3.05) is 37.8 Å². The van der Waals surface area contributed by atoms with Crippen LogP contribution in [0.5, 0.6) is 0 Å². The van der Waals surface area contributed by atoms with Crippen LogP contribution in [-0.2, 0) is 16.6 Å². The molecule has 35 heavy (non-hydrogen) atoms. The van der Waals surface area contributed by atoms with Crippen molar-refractivity contribution in [1.82, 2.24) is 4.90 Å². The van der Waals surface area contributed by atoms with Gasteiger partial charge in [-0.05, 0) is 99.3 Å². The Balaban J connectivity index is 1.18. The average molecular weight is 486 g/mol. The SMILES string of the molecule is C=C1N(C)c2ccc(C#N)cc2C12CCN(CCCc1ccc(C3(S(=C)(=C)C)CCC3)cc1)CC2. The highest BCUT2D eigenvalue weighted by Crippen LogP contribution is 2.57. The smallest absolute Gasteiger partial charge is 0.0991 e. The van der Waals surface area contributed by atoms with E-state index in [-0.39, 0.29) is 10.2 Å². The van der Waals surface area contributed by atoms with E-state index in [2.05, 4.69) is 83.9 Å². The van der Waals surface area contributed by atoms with E-state index in [1.54, 1.807) is 0 Å². The lowest BCUT2D eigenvalue weighted by Gasteiger charge is -2.47. The van der Waals surface area contributed by atoms with Gasteiger partial charge in [0, 0.05) is 28.6 Å². The minimum atomic E-state index is -1.10. The largest absolute Gasteiger partial charge is 0.348 e. The molecule has 1 spiro atoms. The monoisotopic (exact) mass is 485 g/mol. The van der Waals surface area contributed by atoms with Crippen molar-refractivity contribution >= 4 is 26.6 Å². The van der Waals surface area contributed by atoms with Crippen molar-refractivity contribution in [2.45, 2.75) is 55.1 Å². The molecule has 0 atom stereocenters. The van der Waals surface area contributed by atoms with Gasteiger partial charge in [0.15, 0.2) is 0 Å². The van der Waals surface area contributed by atoms with Gasteiger partial charge in [0.05, 0.1) is 11.6 Å². The minimum Gasteiger partial charge on any atom is -0.348 e. The van der Waals surface area contributed by atoms with Crippen LogP contribution >= 0.6 is 9.21 Å². The molecule has 2 aliphatic heterocycles. The maximum absolute atomic E-state index is 9.43. The highest BCUT2D eigenvalue weighted by molar-refractivity contribution is 8.27. The van der Waals surface area contributed by atoms with Gasteiger partial charge >= 0.3 is 0 Å². The highest BCUT2D eigenvalue weighted by Gasteiger charge is 2.46. The first-order chi connectivity index (χ1) is 16.7. The van der Waals surface area contributed by atoms with Gasteiger partial charge in [-0.2, -0.15) is 5.26 Å². The molecule has 0 amide bonds. The summed E-state index contributed by atoms with van der Waals surface area (Å²) >= 11 is 0. The summed E-state index contributed by atoms with van der Waals surface area (Å²) in [6, 6.07) is 17.8. The fourth-order valence-corrected chi connectivity index (χ4v) is 8.64. The van der Waals surface area contributed by atoms with Crippen molar-refractivity contribution in [2.24, 2.45) is 0 Å². The molecule has 2 aromatic carbocycles. The number of benzene rings is 2.